The van der Waals surface area contributed by atoms with E-state index in [-0.39, 0.29) is 23.2 Å². The third-order valence-corrected chi connectivity index (χ3v) is 6.53. The van der Waals surface area contributed by atoms with Crippen molar-refractivity contribution in [3.8, 4) is 0 Å². The average molecular weight is 451 g/mol. The van der Waals surface area contributed by atoms with E-state index in [1.165, 1.54) is 35.6 Å². The van der Waals surface area contributed by atoms with Gasteiger partial charge in [0.2, 0.25) is 0 Å². The number of nitro benzene ring substituents is 1. The normalized spacial score (nSPS) is 18.5. The van der Waals surface area contributed by atoms with E-state index in [9.17, 15) is 20.0 Å². The van der Waals surface area contributed by atoms with E-state index in [0.29, 0.717) is 22.2 Å². The largest absolute Gasteiger partial charge is 0.421 e. The summed E-state index contributed by atoms with van der Waals surface area (Å²) >= 11 is 2.57. The molecule has 3 heterocycles. The molecule has 5 rings (SSSR count). The minimum atomic E-state index is -2.04. The van der Waals surface area contributed by atoms with Gasteiger partial charge in [0, 0.05) is 34.6 Å². The number of cyclic esters (lactones) is 1. The molecule has 1 N–H and O–H groups in total. The van der Waals surface area contributed by atoms with E-state index >= 15 is 0 Å². The fraction of sp³-hybridized carbons (Fsp3) is 0.0952. The number of esters is 1. The number of benzene rings is 2. The number of rotatable bonds is 5. The van der Waals surface area contributed by atoms with Crippen LogP contribution in [0.15, 0.2) is 65.6 Å². The highest BCUT2D eigenvalue weighted by atomic mass is 32.1. The van der Waals surface area contributed by atoms with Crippen LogP contribution in [0.3, 0.4) is 0 Å². The van der Waals surface area contributed by atoms with Crippen LogP contribution >= 0.6 is 23.1 Å². The number of fused-ring (bicyclic) bond motifs is 1. The minimum absolute atomic E-state index is 0.123. The smallest absolute Gasteiger partial charge is 0.342 e. The maximum absolute atomic E-state index is 13.0. The molecule has 0 spiro atoms. The lowest BCUT2D eigenvalue weighted by Crippen LogP contribution is -2.29. The quantitative estimate of drug-likeness (QED) is 0.276. The van der Waals surface area contributed by atoms with Crippen LogP contribution in [0, 0.1) is 10.1 Å². The molecule has 0 radical (unpaired) electrons. The Morgan fingerprint density at radius 1 is 1.10 bits per heavy atom. The van der Waals surface area contributed by atoms with Crippen molar-refractivity contribution in [1.29, 1.82) is 0 Å². The van der Waals surface area contributed by atoms with Gasteiger partial charge in [0.15, 0.2) is 0 Å². The molecule has 10 heteroatoms. The number of ether oxygens (including phenoxy) is 1. The van der Waals surface area contributed by atoms with Crippen molar-refractivity contribution in [2.24, 2.45) is 0 Å². The van der Waals surface area contributed by atoms with Crippen LogP contribution in [0.5, 0.6) is 0 Å². The molecule has 0 aliphatic carbocycles. The van der Waals surface area contributed by atoms with Crippen molar-refractivity contribution in [3.63, 3.8) is 0 Å². The summed E-state index contributed by atoms with van der Waals surface area (Å²) < 4.78 is 13.9. The van der Waals surface area contributed by atoms with Crippen molar-refractivity contribution >= 4 is 51.3 Å². The van der Waals surface area contributed by atoms with Gasteiger partial charge in [-0.15, -0.1) is 11.3 Å². The van der Waals surface area contributed by atoms with E-state index in [4.69, 9.17) is 4.74 Å². The van der Waals surface area contributed by atoms with E-state index < -0.39 is 16.7 Å². The zero-order valence-corrected chi connectivity index (χ0v) is 17.4. The monoisotopic (exact) mass is 451 g/mol. The maximum atomic E-state index is 13.0. The highest BCUT2D eigenvalue weighted by Crippen LogP contribution is 2.45. The van der Waals surface area contributed by atoms with Crippen LogP contribution in [-0.2, 0) is 21.7 Å². The number of nitrogens with zero attached hydrogens (tertiary/aromatic N) is 3. The SMILES string of the molecule is O=C1OC(O)(c2ccc([N+](=O)[O-])cc2)C(Cc2cccs2)=C1c1ccc2nsnc2c1. The zero-order valence-electron chi connectivity index (χ0n) is 15.7. The van der Waals surface area contributed by atoms with Crippen molar-refractivity contribution in [1.82, 2.24) is 8.75 Å². The van der Waals surface area contributed by atoms with Crippen LogP contribution in [0.25, 0.3) is 16.6 Å². The molecule has 31 heavy (non-hydrogen) atoms. The molecule has 1 unspecified atom stereocenters. The van der Waals surface area contributed by atoms with Crippen molar-refractivity contribution in [2.45, 2.75) is 12.2 Å². The number of hydrogen-bond donors (Lipinski definition) is 1. The van der Waals surface area contributed by atoms with Crippen molar-refractivity contribution in [2.75, 3.05) is 0 Å². The molecule has 0 saturated carbocycles. The van der Waals surface area contributed by atoms with Gasteiger partial charge < -0.3 is 9.84 Å². The van der Waals surface area contributed by atoms with E-state index in [1.807, 2.05) is 17.5 Å². The van der Waals surface area contributed by atoms with Crippen LogP contribution < -0.4 is 0 Å². The molecule has 1 aliphatic rings. The highest BCUT2D eigenvalue weighted by Gasteiger charge is 2.48. The molecule has 0 bridgehead atoms. The van der Waals surface area contributed by atoms with Crippen LogP contribution in [0.4, 0.5) is 5.69 Å². The van der Waals surface area contributed by atoms with Gasteiger partial charge in [-0.05, 0) is 41.3 Å². The first-order valence-corrected chi connectivity index (χ1v) is 10.8. The third-order valence-electron chi connectivity index (χ3n) is 5.10. The lowest BCUT2D eigenvalue weighted by atomic mass is 9.89. The number of aliphatic hydroxyl groups is 1. The fourth-order valence-corrected chi connectivity index (χ4v) is 4.84. The van der Waals surface area contributed by atoms with Crippen molar-refractivity contribution < 1.29 is 19.6 Å². The molecule has 154 valence electrons. The fourth-order valence-electron chi connectivity index (χ4n) is 3.61. The standard InChI is InChI=1S/C21H13N3O5S2/c25-20-19(12-3-8-17-18(10-12)23-31-22-17)16(11-15-2-1-9-30-15)21(26,29-20)13-4-6-14(7-5-13)24(27)28/h1-10,26H,11H2. The topological polar surface area (TPSA) is 115 Å². The Morgan fingerprint density at radius 3 is 2.58 bits per heavy atom. The van der Waals surface area contributed by atoms with Gasteiger partial charge >= 0.3 is 5.97 Å². The van der Waals surface area contributed by atoms with Gasteiger partial charge in [0.25, 0.3) is 11.5 Å². The van der Waals surface area contributed by atoms with E-state index in [2.05, 4.69) is 8.75 Å². The summed E-state index contributed by atoms with van der Waals surface area (Å²) in [6.07, 6.45) is 0.277. The second-order valence-electron chi connectivity index (χ2n) is 6.91. The van der Waals surface area contributed by atoms with Crippen molar-refractivity contribution in [3.05, 3.63) is 91.7 Å². The summed E-state index contributed by atoms with van der Waals surface area (Å²) in [4.78, 5) is 24.4. The summed E-state index contributed by atoms with van der Waals surface area (Å²) in [6.45, 7) is 0. The first-order valence-electron chi connectivity index (χ1n) is 9.15. The summed E-state index contributed by atoms with van der Waals surface area (Å²) in [7, 11) is 0. The second-order valence-corrected chi connectivity index (χ2v) is 8.48. The summed E-state index contributed by atoms with van der Waals surface area (Å²) in [5, 5.41) is 24.4. The van der Waals surface area contributed by atoms with E-state index in [0.717, 1.165) is 16.6 Å². The molecule has 1 atom stereocenters. The van der Waals surface area contributed by atoms with Crippen LogP contribution in [0.1, 0.15) is 16.0 Å². The number of thiophene rings is 1. The van der Waals surface area contributed by atoms with E-state index in [1.54, 1.807) is 18.2 Å². The predicted octanol–water partition coefficient (Wildman–Crippen LogP) is 4.06. The number of hydrogen-bond acceptors (Lipinski definition) is 9. The Labute approximate surface area is 183 Å². The highest BCUT2D eigenvalue weighted by molar-refractivity contribution is 7.09. The molecular formula is C21H13N3O5S2. The Kier molecular flexibility index (Phi) is 4.62. The molecule has 2 aromatic carbocycles. The number of carbonyl (C=O) groups excluding carboxylic acids is 1. The predicted molar refractivity (Wildman–Crippen MR) is 115 cm³/mol. The molecule has 0 fully saturated rings. The summed E-state index contributed by atoms with van der Waals surface area (Å²) in [5.74, 6) is -2.71. The second kappa shape index (κ2) is 7.34. The lowest BCUT2D eigenvalue weighted by molar-refractivity contribution is -0.384. The minimum Gasteiger partial charge on any atom is -0.421 e. The molecule has 0 amide bonds. The molecule has 4 aromatic rings. The first kappa shape index (κ1) is 19.5. The molecular weight excluding hydrogens is 438 g/mol. The first-order chi connectivity index (χ1) is 15.0. The summed E-state index contributed by atoms with van der Waals surface area (Å²) in [5.41, 5.74) is 2.66. The average Bonchev–Trinajstić information content (AvgIpc) is 3.49. The van der Waals surface area contributed by atoms with Gasteiger partial charge in [-0.1, -0.05) is 12.1 Å². The van der Waals surface area contributed by atoms with Gasteiger partial charge in [0.1, 0.15) is 11.0 Å². The van der Waals surface area contributed by atoms with Gasteiger partial charge in [-0.25, -0.2) is 4.79 Å². The number of non-ortho nitro benzene ring substituents is 1. The zero-order chi connectivity index (χ0) is 21.6. The molecule has 2 aromatic heterocycles. The molecule has 0 saturated heterocycles. The summed E-state index contributed by atoms with van der Waals surface area (Å²) in [6, 6.07) is 14.4. The Morgan fingerprint density at radius 2 is 1.87 bits per heavy atom. The van der Waals surface area contributed by atoms with Crippen LogP contribution in [0.2, 0.25) is 0 Å². The number of nitro groups is 1. The van der Waals surface area contributed by atoms with Gasteiger partial charge in [0.05, 0.1) is 22.2 Å². The lowest BCUT2D eigenvalue weighted by Gasteiger charge is -2.25. The molecule has 1 aliphatic heterocycles. The Balaban J connectivity index is 1.68. The number of aromatic nitrogens is 2. The maximum Gasteiger partial charge on any atom is 0.342 e. The van der Waals surface area contributed by atoms with Gasteiger partial charge in [-0.2, -0.15) is 8.75 Å². The molecule has 8 nitrogen and oxygen atoms in total. The van der Waals surface area contributed by atoms with Crippen LogP contribution in [-0.4, -0.2) is 24.7 Å². The number of carbonyl (C=O) groups is 1. The third kappa shape index (κ3) is 3.30. The Bertz CT molecular complexity index is 1350. The van der Waals surface area contributed by atoms with Gasteiger partial charge in [-0.3, -0.25) is 10.1 Å². The Hall–Kier alpha value is -3.47.